The molecular formula is C24H28N4O2. The first-order valence-electron chi connectivity index (χ1n) is 10.6. The molecule has 0 unspecified atom stereocenters. The van der Waals surface area contributed by atoms with E-state index in [1.165, 1.54) is 10.9 Å². The van der Waals surface area contributed by atoms with E-state index < -0.39 is 0 Å². The number of rotatable bonds is 7. The highest BCUT2D eigenvalue weighted by Gasteiger charge is 2.22. The number of fused-ring (bicyclic) bond motifs is 1. The number of aromatic nitrogens is 1. The van der Waals surface area contributed by atoms with Gasteiger partial charge < -0.3 is 15.6 Å². The second-order valence-electron chi connectivity index (χ2n) is 7.89. The molecule has 0 aliphatic carbocycles. The highest BCUT2D eigenvalue weighted by atomic mass is 16.2. The van der Waals surface area contributed by atoms with E-state index in [2.05, 4.69) is 26.6 Å². The van der Waals surface area contributed by atoms with Crippen LogP contribution in [0.3, 0.4) is 0 Å². The van der Waals surface area contributed by atoms with E-state index >= 15 is 0 Å². The second-order valence-corrected chi connectivity index (χ2v) is 7.89. The number of anilines is 1. The third-order valence-electron chi connectivity index (χ3n) is 5.67. The average Bonchev–Trinajstić information content (AvgIpc) is 3.17. The van der Waals surface area contributed by atoms with Crippen LogP contribution in [-0.2, 0) is 16.0 Å². The molecule has 3 N–H and O–H groups in total. The van der Waals surface area contributed by atoms with Gasteiger partial charge in [0.15, 0.2) is 0 Å². The van der Waals surface area contributed by atoms with E-state index in [1.54, 1.807) is 0 Å². The van der Waals surface area contributed by atoms with Crippen molar-refractivity contribution in [3.8, 4) is 0 Å². The Morgan fingerprint density at radius 2 is 1.70 bits per heavy atom. The van der Waals surface area contributed by atoms with Crippen LogP contribution in [0.15, 0.2) is 60.8 Å². The molecule has 1 aliphatic heterocycles. The number of nitrogens with zero attached hydrogens (tertiary/aromatic N) is 1. The number of nitrogens with one attached hydrogen (secondary N) is 3. The number of hydrogen-bond donors (Lipinski definition) is 3. The summed E-state index contributed by atoms with van der Waals surface area (Å²) in [7, 11) is 0. The maximum atomic E-state index is 12.4. The second kappa shape index (κ2) is 9.59. The number of H-pyrrole nitrogens is 1. The van der Waals surface area contributed by atoms with Crippen LogP contribution in [0.5, 0.6) is 0 Å². The number of aryl methyl sites for hydroxylation is 1. The minimum absolute atomic E-state index is 0.00224. The van der Waals surface area contributed by atoms with E-state index in [-0.39, 0.29) is 17.9 Å². The van der Waals surface area contributed by atoms with Crippen molar-refractivity contribution in [2.24, 2.45) is 0 Å². The van der Waals surface area contributed by atoms with E-state index in [0.29, 0.717) is 13.0 Å². The van der Waals surface area contributed by atoms with Crippen LogP contribution in [0, 0.1) is 0 Å². The van der Waals surface area contributed by atoms with E-state index in [9.17, 15) is 9.59 Å². The molecule has 30 heavy (non-hydrogen) atoms. The standard InChI is InChI=1S/C24H28N4O2/c29-23(11-10-18-16-25-22-9-5-4-8-21(18)22)26-20-12-14-28(15-13-20)17-24(30)27-19-6-2-1-3-7-19/h1-9,16,20,25H,10-15,17H2,(H,26,29)(H,27,30). The average molecular weight is 405 g/mol. The Balaban J connectivity index is 1.17. The number of aromatic amines is 1. The Morgan fingerprint density at radius 1 is 0.967 bits per heavy atom. The van der Waals surface area contributed by atoms with Crippen LogP contribution in [0.25, 0.3) is 10.9 Å². The highest BCUT2D eigenvalue weighted by Crippen LogP contribution is 2.19. The van der Waals surface area contributed by atoms with Gasteiger partial charge >= 0.3 is 0 Å². The number of benzene rings is 2. The summed E-state index contributed by atoms with van der Waals surface area (Å²) in [6, 6.07) is 17.9. The lowest BCUT2D eigenvalue weighted by molar-refractivity contribution is -0.122. The number of carbonyl (C=O) groups is 2. The van der Waals surface area contributed by atoms with Crippen molar-refractivity contribution in [1.82, 2.24) is 15.2 Å². The van der Waals surface area contributed by atoms with Gasteiger partial charge in [0.05, 0.1) is 6.54 Å². The van der Waals surface area contributed by atoms with Crippen LogP contribution >= 0.6 is 0 Å². The zero-order valence-corrected chi connectivity index (χ0v) is 17.1. The fourth-order valence-corrected chi connectivity index (χ4v) is 4.05. The predicted molar refractivity (Wildman–Crippen MR) is 119 cm³/mol. The first kappa shape index (κ1) is 20.2. The van der Waals surface area contributed by atoms with Gasteiger partial charge in [-0.15, -0.1) is 0 Å². The van der Waals surface area contributed by atoms with E-state index in [0.717, 1.165) is 43.6 Å². The first-order valence-corrected chi connectivity index (χ1v) is 10.6. The summed E-state index contributed by atoms with van der Waals surface area (Å²) in [6.45, 7) is 2.02. The van der Waals surface area contributed by atoms with Crippen LogP contribution in [0.1, 0.15) is 24.8 Å². The van der Waals surface area contributed by atoms with Gasteiger partial charge in [-0.1, -0.05) is 36.4 Å². The summed E-state index contributed by atoms with van der Waals surface area (Å²) in [5, 5.41) is 7.28. The molecule has 0 saturated carbocycles. The van der Waals surface area contributed by atoms with Crippen molar-refractivity contribution in [3.05, 3.63) is 66.4 Å². The molecule has 4 rings (SSSR count). The van der Waals surface area contributed by atoms with Crippen LogP contribution < -0.4 is 10.6 Å². The Bertz CT molecular complexity index is 991. The lowest BCUT2D eigenvalue weighted by atomic mass is 10.0. The monoisotopic (exact) mass is 404 g/mol. The Morgan fingerprint density at radius 3 is 2.50 bits per heavy atom. The van der Waals surface area contributed by atoms with Gasteiger partial charge in [0.25, 0.3) is 0 Å². The van der Waals surface area contributed by atoms with Gasteiger partial charge in [0.1, 0.15) is 0 Å². The van der Waals surface area contributed by atoms with Gasteiger partial charge in [0, 0.05) is 48.3 Å². The minimum atomic E-state index is 0.00224. The molecule has 0 spiro atoms. The lowest BCUT2D eigenvalue weighted by Gasteiger charge is -2.31. The number of piperidine rings is 1. The first-order chi connectivity index (χ1) is 14.7. The van der Waals surface area contributed by atoms with Gasteiger partial charge in [-0.25, -0.2) is 0 Å². The summed E-state index contributed by atoms with van der Waals surface area (Å²) < 4.78 is 0. The summed E-state index contributed by atoms with van der Waals surface area (Å²) in [4.78, 5) is 30.0. The zero-order valence-electron chi connectivity index (χ0n) is 17.1. The van der Waals surface area contributed by atoms with Gasteiger partial charge in [-0.3, -0.25) is 14.5 Å². The molecule has 3 aromatic rings. The number of para-hydroxylation sites is 2. The van der Waals surface area contributed by atoms with Crippen LogP contribution in [0.4, 0.5) is 5.69 Å². The van der Waals surface area contributed by atoms with Crippen molar-refractivity contribution in [3.63, 3.8) is 0 Å². The lowest BCUT2D eigenvalue weighted by Crippen LogP contribution is -2.46. The molecule has 0 bridgehead atoms. The topological polar surface area (TPSA) is 77.2 Å². The molecular weight excluding hydrogens is 376 g/mol. The predicted octanol–water partition coefficient (Wildman–Crippen LogP) is 3.32. The Labute approximate surface area is 176 Å². The summed E-state index contributed by atoms with van der Waals surface area (Å²) in [5.74, 6) is 0.1000. The molecule has 1 aliphatic rings. The summed E-state index contributed by atoms with van der Waals surface area (Å²) >= 11 is 0. The number of carbonyl (C=O) groups excluding carboxylic acids is 2. The molecule has 2 aromatic carbocycles. The van der Waals surface area contributed by atoms with Gasteiger partial charge in [0.2, 0.25) is 11.8 Å². The number of hydrogen-bond acceptors (Lipinski definition) is 3. The maximum Gasteiger partial charge on any atom is 0.238 e. The molecule has 6 heteroatoms. The molecule has 6 nitrogen and oxygen atoms in total. The minimum Gasteiger partial charge on any atom is -0.361 e. The summed E-state index contributed by atoms with van der Waals surface area (Å²) in [5.41, 5.74) is 3.11. The van der Waals surface area contributed by atoms with Crippen molar-refractivity contribution < 1.29 is 9.59 Å². The van der Waals surface area contributed by atoms with E-state index in [4.69, 9.17) is 0 Å². The van der Waals surface area contributed by atoms with Gasteiger partial charge in [-0.05, 0) is 43.0 Å². The fourth-order valence-electron chi connectivity index (χ4n) is 4.05. The molecule has 0 radical (unpaired) electrons. The third kappa shape index (κ3) is 5.27. The molecule has 1 saturated heterocycles. The molecule has 1 aromatic heterocycles. The smallest absolute Gasteiger partial charge is 0.238 e. The number of likely N-dealkylation sites (tertiary alicyclic amines) is 1. The van der Waals surface area contributed by atoms with Crippen molar-refractivity contribution in [1.29, 1.82) is 0 Å². The fraction of sp³-hybridized carbons (Fsp3) is 0.333. The van der Waals surface area contributed by atoms with Crippen molar-refractivity contribution >= 4 is 28.4 Å². The Kier molecular flexibility index (Phi) is 6.44. The Hall–Kier alpha value is -3.12. The number of amides is 2. The largest absolute Gasteiger partial charge is 0.361 e. The highest BCUT2D eigenvalue weighted by molar-refractivity contribution is 5.92. The quantitative estimate of drug-likeness (QED) is 0.565. The van der Waals surface area contributed by atoms with Gasteiger partial charge in [-0.2, -0.15) is 0 Å². The van der Waals surface area contributed by atoms with Crippen molar-refractivity contribution in [2.75, 3.05) is 25.0 Å². The van der Waals surface area contributed by atoms with E-state index in [1.807, 2.05) is 54.7 Å². The molecule has 2 amide bonds. The third-order valence-corrected chi connectivity index (χ3v) is 5.67. The molecule has 2 heterocycles. The molecule has 156 valence electrons. The SMILES string of the molecule is O=C(CN1CCC(NC(=O)CCc2c[nH]c3ccccc23)CC1)Nc1ccccc1. The maximum absolute atomic E-state index is 12.4. The van der Waals surface area contributed by atoms with Crippen LogP contribution in [-0.4, -0.2) is 47.4 Å². The normalized spacial score (nSPS) is 15.2. The zero-order chi connectivity index (χ0) is 20.8. The molecule has 1 fully saturated rings. The van der Waals surface area contributed by atoms with Crippen molar-refractivity contribution in [2.45, 2.75) is 31.7 Å². The molecule has 0 atom stereocenters. The summed E-state index contributed by atoms with van der Waals surface area (Å²) in [6.07, 6.45) is 4.96. The van der Waals surface area contributed by atoms with Crippen LogP contribution in [0.2, 0.25) is 0 Å².